The van der Waals surface area contributed by atoms with Crippen molar-refractivity contribution in [3.63, 3.8) is 0 Å². The smallest absolute Gasteiger partial charge is 0.128 e. The van der Waals surface area contributed by atoms with Crippen LogP contribution in [-0.2, 0) is 6.42 Å². The quantitative estimate of drug-likeness (QED) is 0.616. The zero-order valence-electron chi connectivity index (χ0n) is 10.6. The third-order valence-corrected chi connectivity index (χ3v) is 3.36. The van der Waals surface area contributed by atoms with E-state index in [0.29, 0.717) is 5.84 Å². The Morgan fingerprint density at radius 1 is 1.35 bits per heavy atom. The lowest BCUT2D eigenvalue weighted by Crippen LogP contribution is -2.47. The normalized spacial score (nSPS) is 17.2. The molecule has 4 nitrogen and oxygen atoms in total. The van der Waals surface area contributed by atoms with Crippen molar-refractivity contribution in [3.8, 4) is 0 Å². The molecule has 0 spiro atoms. The number of aryl methyl sites for hydroxylation is 1. The summed E-state index contributed by atoms with van der Waals surface area (Å²) in [5.41, 5.74) is 2.20. The van der Waals surface area contributed by atoms with Gasteiger partial charge < -0.3 is 9.80 Å². The molecule has 2 heterocycles. The Bertz CT molecular complexity index is 394. The summed E-state index contributed by atoms with van der Waals surface area (Å²) < 4.78 is 0. The minimum atomic E-state index is 0.650. The molecule has 1 N–H and O–H groups in total. The van der Waals surface area contributed by atoms with Gasteiger partial charge in [0.25, 0.3) is 0 Å². The monoisotopic (exact) mass is 232 g/mol. The van der Waals surface area contributed by atoms with E-state index in [9.17, 15) is 0 Å². The van der Waals surface area contributed by atoms with Crippen molar-refractivity contribution in [2.45, 2.75) is 13.3 Å². The number of pyridine rings is 1. The number of hydrogen-bond donors (Lipinski definition) is 1. The number of aromatic nitrogens is 1. The van der Waals surface area contributed by atoms with Gasteiger partial charge in [-0.25, -0.2) is 0 Å². The number of likely N-dealkylation sites (N-methyl/N-ethyl adjacent to an activating group) is 1. The van der Waals surface area contributed by atoms with Gasteiger partial charge in [0, 0.05) is 44.1 Å². The van der Waals surface area contributed by atoms with Gasteiger partial charge in [0.1, 0.15) is 5.84 Å². The zero-order valence-corrected chi connectivity index (χ0v) is 10.6. The summed E-state index contributed by atoms with van der Waals surface area (Å²) in [7, 11) is 2.13. The SMILES string of the molecule is CCc1cnccc1C(=N)N1CCN(C)CC1. The van der Waals surface area contributed by atoms with Gasteiger partial charge in [-0.3, -0.25) is 10.4 Å². The molecule has 0 amide bonds. The van der Waals surface area contributed by atoms with Crippen LogP contribution < -0.4 is 0 Å². The maximum atomic E-state index is 8.31. The van der Waals surface area contributed by atoms with Crippen LogP contribution in [0.5, 0.6) is 0 Å². The Balaban J connectivity index is 2.14. The molecule has 0 radical (unpaired) electrons. The highest BCUT2D eigenvalue weighted by molar-refractivity contribution is 5.97. The maximum absolute atomic E-state index is 8.31. The molecule has 0 bridgehead atoms. The average molecular weight is 232 g/mol. The van der Waals surface area contributed by atoms with Crippen LogP contribution in [0.1, 0.15) is 18.1 Å². The molecule has 0 aromatic carbocycles. The van der Waals surface area contributed by atoms with E-state index >= 15 is 0 Å². The van der Waals surface area contributed by atoms with Gasteiger partial charge in [-0.15, -0.1) is 0 Å². The highest BCUT2D eigenvalue weighted by Gasteiger charge is 2.18. The van der Waals surface area contributed by atoms with E-state index in [4.69, 9.17) is 5.41 Å². The predicted molar refractivity (Wildman–Crippen MR) is 69.5 cm³/mol. The van der Waals surface area contributed by atoms with Crippen LogP contribution >= 0.6 is 0 Å². The van der Waals surface area contributed by atoms with E-state index in [1.54, 1.807) is 6.20 Å². The van der Waals surface area contributed by atoms with Crippen molar-refractivity contribution < 1.29 is 0 Å². The van der Waals surface area contributed by atoms with E-state index in [1.807, 2.05) is 12.3 Å². The fourth-order valence-electron chi connectivity index (χ4n) is 2.14. The Kier molecular flexibility index (Phi) is 3.74. The van der Waals surface area contributed by atoms with Crippen molar-refractivity contribution in [2.75, 3.05) is 33.2 Å². The average Bonchev–Trinajstić information content (AvgIpc) is 2.39. The number of hydrogen-bond acceptors (Lipinski definition) is 3. The summed E-state index contributed by atoms with van der Waals surface area (Å²) in [6, 6.07) is 1.96. The van der Waals surface area contributed by atoms with E-state index in [2.05, 4.69) is 28.8 Å². The van der Waals surface area contributed by atoms with Crippen molar-refractivity contribution in [1.29, 1.82) is 5.41 Å². The van der Waals surface area contributed by atoms with E-state index in [1.165, 1.54) is 0 Å². The van der Waals surface area contributed by atoms with Crippen molar-refractivity contribution in [1.82, 2.24) is 14.8 Å². The molecule has 1 fully saturated rings. The first kappa shape index (κ1) is 12.0. The Morgan fingerprint density at radius 2 is 2.06 bits per heavy atom. The molecule has 0 atom stereocenters. The molecule has 0 unspecified atom stereocenters. The van der Waals surface area contributed by atoms with Crippen LogP contribution in [-0.4, -0.2) is 53.8 Å². The van der Waals surface area contributed by atoms with Crippen LogP contribution in [0.2, 0.25) is 0 Å². The second-order valence-corrected chi connectivity index (χ2v) is 4.53. The lowest BCUT2D eigenvalue weighted by atomic mass is 10.1. The van der Waals surface area contributed by atoms with Gasteiger partial charge in [0.15, 0.2) is 0 Å². The number of nitrogens with one attached hydrogen (secondary N) is 1. The molecule has 1 aromatic heterocycles. The van der Waals surface area contributed by atoms with Gasteiger partial charge in [-0.1, -0.05) is 6.92 Å². The minimum Gasteiger partial charge on any atom is -0.354 e. The summed E-state index contributed by atoms with van der Waals surface area (Å²) in [4.78, 5) is 8.60. The van der Waals surface area contributed by atoms with Crippen LogP contribution in [0.25, 0.3) is 0 Å². The zero-order chi connectivity index (χ0) is 12.3. The molecule has 1 aliphatic heterocycles. The van der Waals surface area contributed by atoms with Gasteiger partial charge in [0.2, 0.25) is 0 Å². The molecule has 92 valence electrons. The Labute approximate surface area is 103 Å². The molecule has 0 aliphatic carbocycles. The predicted octanol–water partition coefficient (Wildman–Crippen LogP) is 1.22. The standard InChI is InChI=1S/C13H20N4/c1-3-11-10-15-5-4-12(11)13(14)17-8-6-16(2)7-9-17/h4-5,10,14H,3,6-9H2,1-2H3. The molecule has 0 saturated carbocycles. The van der Waals surface area contributed by atoms with Gasteiger partial charge in [-0.05, 0) is 25.1 Å². The Morgan fingerprint density at radius 3 is 2.71 bits per heavy atom. The molecular formula is C13H20N4. The third kappa shape index (κ3) is 2.64. The maximum Gasteiger partial charge on any atom is 0.128 e. The molecular weight excluding hydrogens is 212 g/mol. The first-order chi connectivity index (χ1) is 8.22. The van der Waals surface area contributed by atoms with Crippen molar-refractivity contribution in [2.24, 2.45) is 0 Å². The fourth-order valence-corrected chi connectivity index (χ4v) is 2.14. The highest BCUT2D eigenvalue weighted by Crippen LogP contribution is 2.12. The first-order valence-electron chi connectivity index (χ1n) is 6.17. The topological polar surface area (TPSA) is 43.2 Å². The lowest BCUT2D eigenvalue weighted by Gasteiger charge is -2.34. The second kappa shape index (κ2) is 5.27. The molecule has 4 heteroatoms. The largest absolute Gasteiger partial charge is 0.354 e. The fraction of sp³-hybridized carbons (Fsp3) is 0.538. The second-order valence-electron chi connectivity index (χ2n) is 4.53. The third-order valence-electron chi connectivity index (χ3n) is 3.36. The van der Waals surface area contributed by atoms with Crippen LogP contribution in [0.3, 0.4) is 0 Å². The summed E-state index contributed by atoms with van der Waals surface area (Å²) >= 11 is 0. The first-order valence-corrected chi connectivity index (χ1v) is 6.17. The van der Waals surface area contributed by atoms with Crippen molar-refractivity contribution in [3.05, 3.63) is 29.6 Å². The van der Waals surface area contributed by atoms with E-state index in [-0.39, 0.29) is 0 Å². The highest BCUT2D eigenvalue weighted by atomic mass is 15.3. The summed E-state index contributed by atoms with van der Waals surface area (Å²) in [5.74, 6) is 0.650. The summed E-state index contributed by atoms with van der Waals surface area (Å²) in [6.07, 6.45) is 4.58. The van der Waals surface area contributed by atoms with Crippen molar-refractivity contribution >= 4 is 5.84 Å². The number of amidine groups is 1. The number of piperazine rings is 1. The van der Waals surface area contributed by atoms with Gasteiger partial charge >= 0.3 is 0 Å². The molecule has 17 heavy (non-hydrogen) atoms. The summed E-state index contributed by atoms with van der Waals surface area (Å²) in [6.45, 7) is 6.07. The minimum absolute atomic E-state index is 0.650. The molecule has 1 aliphatic rings. The molecule has 1 aromatic rings. The molecule has 2 rings (SSSR count). The number of nitrogens with zero attached hydrogens (tertiary/aromatic N) is 3. The lowest BCUT2D eigenvalue weighted by molar-refractivity contribution is 0.215. The van der Waals surface area contributed by atoms with Crippen LogP contribution in [0, 0.1) is 5.41 Å². The van der Waals surface area contributed by atoms with Gasteiger partial charge in [0.05, 0.1) is 0 Å². The van der Waals surface area contributed by atoms with Crippen LogP contribution in [0.15, 0.2) is 18.5 Å². The van der Waals surface area contributed by atoms with E-state index < -0.39 is 0 Å². The summed E-state index contributed by atoms with van der Waals surface area (Å²) in [5, 5.41) is 8.31. The van der Waals surface area contributed by atoms with Gasteiger partial charge in [-0.2, -0.15) is 0 Å². The van der Waals surface area contributed by atoms with E-state index in [0.717, 1.165) is 43.7 Å². The number of rotatable bonds is 2. The molecule has 1 saturated heterocycles. The Hall–Kier alpha value is -1.42. The van der Waals surface area contributed by atoms with Crippen LogP contribution in [0.4, 0.5) is 0 Å².